The van der Waals surface area contributed by atoms with Crippen molar-refractivity contribution in [2.24, 2.45) is 0 Å². The molecule has 1 heterocycles. The minimum atomic E-state index is -0.175. The summed E-state index contributed by atoms with van der Waals surface area (Å²) in [7, 11) is 0. The van der Waals surface area contributed by atoms with E-state index in [1.807, 2.05) is 24.3 Å². The zero-order chi connectivity index (χ0) is 14.7. The molecule has 0 N–H and O–H groups in total. The molecule has 2 aromatic rings. The van der Waals surface area contributed by atoms with E-state index in [1.54, 1.807) is 0 Å². The Morgan fingerprint density at radius 2 is 1.39 bits per heavy atom. The van der Waals surface area contributed by atoms with Crippen LogP contribution in [0, 0.1) is 5.82 Å². The molecule has 0 bridgehead atoms. The molecule has 2 aromatic carbocycles. The summed E-state index contributed by atoms with van der Waals surface area (Å²) in [5, 5.41) is 0.772. The molecular formula is C17H20Br2ClFN2. The van der Waals surface area contributed by atoms with Gasteiger partial charge in [-0.15, -0.1) is 34.0 Å². The smallest absolute Gasteiger partial charge is 0.123 e. The van der Waals surface area contributed by atoms with Crippen molar-refractivity contribution in [3.8, 4) is 0 Å². The minimum absolute atomic E-state index is 0. The number of halogens is 4. The van der Waals surface area contributed by atoms with E-state index in [4.69, 9.17) is 11.6 Å². The van der Waals surface area contributed by atoms with Gasteiger partial charge in [0.15, 0.2) is 0 Å². The molecule has 23 heavy (non-hydrogen) atoms. The van der Waals surface area contributed by atoms with E-state index >= 15 is 0 Å². The van der Waals surface area contributed by atoms with E-state index in [-0.39, 0.29) is 39.8 Å². The topological polar surface area (TPSA) is 6.48 Å². The molecular weight excluding hydrogens is 446 g/mol. The summed E-state index contributed by atoms with van der Waals surface area (Å²) >= 11 is 5.92. The molecule has 2 nitrogen and oxygen atoms in total. The second-order valence-electron chi connectivity index (χ2n) is 5.37. The highest BCUT2D eigenvalue weighted by atomic mass is 79.9. The fraction of sp³-hybridized carbons (Fsp3) is 0.294. The van der Waals surface area contributed by atoms with Crippen molar-refractivity contribution in [1.29, 1.82) is 0 Å². The second kappa shape index (κ2) is 9.62. The highest BCUT2D eigenvalue weighted by Crippen LogP contribution is 2.20. The SMILES string of the molecule is Br.Br.Fc1ccc(CN2CCN(c3ccc(Cl)cc3)CC2)cc1. The summed E-state index contributed by atoms with van der Waals surface area (Å²) in [6, 6.07) is 14.8. The van der Waals surface area contributed by atoms with Crippen LogP contribution in [0.2, 0.25) is 5.02 Å². The Balaban J connectivity index is 0.00000132. The van der Waals surface area contributed by atoms with Crippen LogP contribution in [0.1, 0.15) is 5.56 Å². The summed E-state index contributed by atoms with van der Waals surface area (Å²) in [6.45, 7) is 4.92. The number of hydrogen-bond acceptors (Lipinski definition) is 2. The molecule has 1 fully saturated rings. The first-order valence-electron chi connectivity index (χ1n) is 7.18. The third-order valence-electron chi connectivity index (χ3n) is 3.88. The van der Waals surface area contributed by atoms with Crippen molar-refractivity contribution < 1.29 is 4.39 Å². The Kier molecular flexibility index (Phi) is 8.54. The van der Waals surface area contributed by atoms with E-state index in [0.717, 1.165) is 43.3 Å². The van der Waals surface area contributed by atoms with Gasteiger partial charge >= 0.3 is 0 Å². The fourth-order valence-corrected chi connectivity index (χ4v) is 2.79. The summed E-state index contributed by atoms with van der Waals surface area (Å²) in [5.74, 6) is -0.175. The van der Waals surface area contributed by atoms with Gasteiger partial charge in [0.2, 0.25) is 0 Å². The summed E-state index contributed by atoms with van der Waals surface area (Å²) in [4.78, 5) is 4.77. The van der Waals surface area contributed by atoms with Crippen molar-refractivity contribution in [2.45, 2.75) is 6.54 Å². The van der Waals surface area contributed by atoms with Gasteiger partial charge in [0.05, 0.1) is 0 Å². The summed E-state index contributed by atoms with van der Waals surface area (Å²) < 4.78 is 12.9. The lowest BCUT2D eigenvalue weighted by atomic mass is 10.2. The van der Waals surface area contributed by atoms with E-state index in [2.05, 4.69) is 21.9 Å². The Morgan fingerprint density at radius 1 is 0.826 bits per heavy atom. The Bertz CT molecular complexity index is 585. The van der Waals surface area contributed by atoms with E-state index in [0.29, 0.717) is 0 Å². The van der Waals surface area contributed by atoms with Crippen LogP contribution in [0.3, 0.4) is 0 Å². The Labute approximate surface area is 162 Å². The first kappa shape index (κ1) is 20.4. The van der Waals surface area contributed by atoms with Crippen LogP contribution in [-0.2, 0) is 6.54 Å². The molecule has 0 radical (unpaired) electrons. The van der Waals surface area contributed by atoms with Gasteiger partial charge in [-0.05, 0) is 42.0 Å². The van der Waals surface area contributed by atoms with Crippen LogP contribution in [0.15, 0.2) is 48.5 Å². The molecule has 126 valence electrons. The third-order valence-corrected chi connectivity index (χ3v) is 4.14. The van der Waals surface area contributed by atoms with Gasteiger partial charge in [0.25, 0.3) is 0 Å². The largest absolute Gasteiger partial charge is 0.369 e. The predicted molar refractivity (Wildman–Crippen MR) is 106 cm³/mol. The molecule has 0 aromatic heterocycles. The number of rotatable bonds is 3. The second-order valence-corrected chi connectivity index (χ2v) is 5.80. The van der Waals surface area contributed by atoms with Gasteiger partial charge in [-0.3, -0.25) is 4.90 Å². The minimum Gasteiger partial charge on any atom is -0.369 e. The average molecular weight is 467 g/mol. The Morgan fingerprint density at radius 3 is 1.96 bits per heavy atom. The van der Waals surface area contributed by atoms with Crippen LogP contribution in [0.4, 0.5) is 10.1 Å². The van der Waals surface area contributed by atoms with Crippen LogP contribution >= 0.6 is 45.6 Å². The third kappa shape index (κ3) is 5.75. The zero-order valence-corrected chi connectivity index (χ0v) is 16.8. The maximum absolute atomic E-state index is 12.9. The highest BCUT2D eigenvalue weighted by Gasteiger charge is 2.17. The lowest BCUT2D eigenvalue weighted by Crippen LogP contribution is -2.45. The van der Waals surface area contributed by atoms with Crippen molar-refractivity contribution >= 4 is 51.3 Å². The molecule has 0 saturated carbocycles. The molecule has 0 unspecified atom stereocenters. The lowest BCUT2D eigenvalue weighted by molar-refractivity contribution is 0.250. The summed E-state index contributed by atoms with van der Waals surface area (Å²) in [6.07, 6.45) is 0. The van der Waals surface area contributed by atoms with E-state index in [9.17, 15) is 4.39 Å². The van der Waals surface area contributed by atoms with Gasteiger partial charge in [-0.1, -0.05) is 23.7 Å². The van der Waals surface area contributed by atoms with Crippen LogP contribution in [0.25, 0.3) is 0 Å². The zero-order valence-electron chi connectivity index (χ0n) is 12.6. The van der Waals surface area contributed by atoms with E-state index < -0.39 is 0 Å². The predicted octanol–water partition coefficient (Wildman–Crippen LogP) is 4.96. The molecule has 1 aliphatic heterocycles. The summed E-state index contributed by atoms with van der Waals surface area (Å²) in [5.41, 5.74) is 2.39. The van der Waals surface area contributed by atoms with Crippen molar-refractivity contribution in [2.75, 3.05) is 31.1 Å². The van der Waals surface area contributed by atoms with Gasteiger partial charge in [-0.25, -0.2) is 4.39 Å². The number of piperazine rings is 1. The number of nitrogens with zero attached hydrogens (tertiary/aromatic N) is 2. The van der Waals surface area contributed by atoms with Gasteiger partial charge in [-0.2, -0.15) is 0 Å². The first-order valence-corrected chi connectivity index (χ1v) is 7.56. The molecule has 0 amide bonds. The molecule has 0 atom stereocenters. The normalized spacial score (nSPS) is 14.8. The van der Waals surface area contributed by atoms with Crippen LogP contribution in [0.5, 0.6) is 0 Å². The molecule has 6 heteroatoms. The molecule has 1 saturated heterocycles. The maximum Gasteiger partial charge on any atom is 0.123 e. The van der Waals surface area contributed by atoms with Crippen LogP contribution < -0.4 is 4.90 Å². The molecule has 1 aliphatic rings. The quantitative estimate of drug-likeness (QED) is 0.631. The van der Waals surface area contributed by atoms with Crippen molar-refractivity contribution in [1.82, 2.24) is 4.90 Å². The van der Waals surface area contributed by atoms with Crippen molar-refractivity contribution in [3.63, 3.8) is 0 Å². The standard InChI is InChI=1S/C17H18ClFN2.2BrH/c18-15-3-7-17(8-4-15)21-11-9-20(10-12-21)13-14-1-5-16(19)6-2-14;;/h1-8H,9-13H2;2*1H. The molecule has 0 aliphatic carbocycles. The fourth-order valence-electron chi connectivity index (χ4n) is 2.66. The van der Waals surface area contributed by atoms with Gasteiger partial charge in [0, 0.05) is 43.4 Å². The number of benzene rings is 2. The number of hydrogen-bond donors (Lipinski definition) is 0. The Hall–Kier alpha value is -0.620. The maximum atomic E-state index is 12.9. The van der Waals surface area contributed by atoms with Gasteiger partial charge in [0.1, 0.15) is 5.82 Å². The lowest BCUT2D eigenvalue weighted by Gasteiger charge is -2.36. The van der Waals surface area contributed by atoms with Crippen molar-refractivity contribution in [3.05, 3.63) is 64.9 Å². The van der Waals surface area contributed by atoms with Gasteiger partial charge < -0.3 is 4.90 Å². The average Bonchev–Trinajstić information content (AvgIpc) is 2.51. The molecule has 0 spiro atoms. The van der Waals surface area contributed by atoms with E-state index in [1.165, 1.54) is 17.8 Å². The number of anilines is 1. The first-order chi connectivity index (χ1) is 10.2. The monoisotopic (exact) mass is 464 g/mol. The molecule has 3 rings (SSSR count). The van der Waals surface area contributed by atoms with Crippen LogP contribution in [-0.4, -0.2) is 31.1 Å². The highest BCUT2D eigenvalue weighted by molar-refractivity contribution is 8.93.